The molecule has 0 aliphatic heterocycles. The van der Waals surface area contributed by atoms with Crippen molar-refractivity contribution in [1.29, 1.82) is 0 Å². The van der Waals surface area contributed by atoms with Crippen LogP contribution in [-0.4, -0.2) is 17.4 Å². The van der Waals surface area contributed by atoms with E-state index in [1.165, 1.54) is 0 Å². The predicted octanol–water partition coefficient (Wildman–Crippen LogP) is 2.10. The van der Waals surface area contributed by atoms with E-state index in [-0.39, 0.29) is 17.7 Å². The molecule has 0 heterocycles. The Labute approximate surface area is 118 Å². The highest BCUT2D eigenvalue weighted by Crippen LogP contribution is 2.30. The molecule has 0 radical (unpaired) electrons. The van der Waals surface area contributed by atoms with Gasteiger partial charge in [-0.15, -0.1) is 0 Å². The Hall–Kier alpha value is -1.88. The number of hydrogen-bond donors (Lipinski definition) is 3. The molecule has 2 amide bonds. The number of anilines is 2. The molecule has 1 saturated carbocycles. The highest BCUT2D eigenvalue weighted by atomic mass is 16.2. The van der Waals surface area contributed by atoms with Crippen LogP contribution in [0, 0.1) is 5.92 Å². The number of hydrogen-bond acceptors (Lipinski definition) is 3. The molecule has 5 heteroatoms. The molecule has 0 aromatic heterocycles. The molecular weight excluding hydrogens is 254 g/mol. The highest BCUT2D eigenvalue weighted by Gasteiger charge is 2.29. The number of carbonyl (C=O) groups is 2. The van der Waals surface area contributed by atoms with Gasteiger partial charge in [0.1, 0.15) is 0 Å². The molecule has 5 nitrogen and oxygen atoms in total. The average molecular weight is 275 g/mol. The Morgan fingerprint density at radius 1 is 1.30 bits per heavy atom. The Balaban J connectivity index is 2.02. The molecule has 1 aliphatic carbocycles. The summed E-state index contributed by atoms with van der Waals surface area (Å²) < 4.78 is 0. The summed E-state index contributed by atoms with van der Waals surface area (Å²) in [5.74, 6) is -0.0305. The quantitative estimate of drug-likeness (QED) is 0.769. The molecule has 20 heavy (non-hydrogen) atoms. The molecule has 1 aromatic carbocycles. The standard InChI is InChI=1S/C15H21N3O2/c1-3-15(2,16)14(20)18-12-6-4-5-11(9-12)17-13(19)10-7-8-10/h4-6,9-10H,3,7-8,16H2,1-2H3,(H,17,19)(H,18,20). The summed E-state index contributed by atoms with van der Waals surface area (Å²) in [5.41, 5.74) is 6.32. The van der Waals surface area contributed by atoms with Gasteiger partial charge in [-0.05, 0) is 44.4 Å². The fourth-order valence-electron chi connectivity index (χ4n) is 1.70. The Bertz CT molecular complexity index is 522. The van der Waals surface area contributed by atoms with Crippen molar-refractivity contribution in [3.8, 4) is 0 Å². The van der Waals surface area contributed by atoms with E-state index in [4.69, 9.17) is 5.73 Å². The molecule has 1 aliphatic rings. The van der Waals surface area contributed by atoms with Crippen LogP contribution in [0.5, 0.6) is 0 Å². The van der Waals surface area contributed by atoms with Crippen LogP contribution in [0.3, 0.4) is 0 Å². The summed E-state index contributed by atoms with van der Waals surface area (Å²) in [6.45, 7) is 3.56. The number of nitrogens with two attached hydrogens (primary N) is 1. The average Bonchev–Trinajstić information content (AvgIpc) is 3.23. The van der Waals surface area contributed by atoms with Gasteiger partial charge in [0, 0.05) is 17.3 Å². The molecule has 1 fully saturated rings. The van der Waals surface area contributed by atoms with Crippen molar-refractivity contribution < 1.29 is 9.59 Å². The van der Waals surface area contributed by atoms with Crippen LogP contribution < -0.4 is 16.4 Å². The first-order chi connectivity index (χ1) is 9.42. The van der Waals surface area contributed by atoms with Crippen LogP contribution in [0.4, 0.5) is 11.4 Å². The van der Waals surface area contributed by atoms with Gasteiger partial charge in [0.05, 0.1) is 5.54 Å². The van der Waals surface area contributed by atoms with Gasteiger partial charge in [-0.2, -0.15) is 0 Å². The van der Waals surface area contributed by atoms with E-state index in [9.17, 15) is 9.59 Å². The van der Waals surface area contributed by atoms with E-state index in [1.54, 1.807) is 31.2 Å². The largest absolute Gasteiger partial charge is 0.326 e. The number of nitrogens with one attached hydrogen (secondary N) is 2. The minimum absolute atomic E-state index is 0.0469. The zero-order valence-electron chi connectivity index (χ0n) is 11.9. The molecular formula is C15H21N3O2. The van der Waals surface area contributed by atoms with Crippen molar-refractivity contribution in [1.82, 2.24) is 0 Å². The Kier molecular flexibility index (Phi) is 4.09. The smallest absolute Gasteiger partial charge is 0.244 e. The summed E-state index contributed by atoms with van der Waals surface area (Å²) in [6.07, 6.45) is 2.48. The van der Waals surface area contributed by atoms with E-state index in [1.807, 2.05) is 6.92 Å². The lowest BCUT2D eigenvalue weighted by atomic mass is 9.99. The van der Waals surface area contributed by atoms with E-state index in [0.717, 1.165) is 12.8 Å². The van der Waals surface area contributed by atoms with E-state index >= 15 is 0 Å². The summed E-state index contributed by atoms with van der Waals surface area (Å²) in [4.78, 5) is 23.7. The van der Waals surface area contributed by atoms with Crippen LogP contribution in [-0.2, 0) is 9.59 Å². The van der Waals surface area contributed by atoms with Crippen molar-refractivity contribution in [2.24, 2.45) is 11.7 Å². The van der Waals surface area contributed by atoms with Crippen molar-refractivity contribution in [2.75, 3.05) is 10.6 Å². The first-order valence-electron chi connectivity index (χ1n) is 6.93. The minimum Gasteiger partial charge on any atom is -0.326 e. The fourth-order valence-corrected chi connectivity index (χ4v) is 1.70. The lowest BCUT2D eigenvalue weighted by molar-refractivity contribution is -0.120. The maximum Gasteiger partial charge on any atom is 0.244 e. The van der Waals surface area contributed by atoms with Crippen LogP contribution in [0.25, 0.3) is 0 Å². The van der Waals surface area contributed by atoms with Crippen LogP contribution in [0.2, 0.25) is 0 Å². The second kappa shape index (κ2) is 5.63. The second-order valence-corrected chi connectivity index (χ2v) is 5.57. The third-order valence-electron chi connectivity index (χ3n) is 3.59. The third-order valence-corrected chi connectivity index (χ3v) is 3.59. The second-order valence-electron chi connectivity index (χ2n) is 5.57. The van der Waals surface area contributed by atoms with E-state index in [0.29, 0.717) is 17.8 Å². The first kappa shape index (κ1) is 14.5. The molecule has 4 N–H and O–H groups in total. The number of benzene rings is 1. The molecule has 1 atom stereocenters. The van der Waals surface area contributed by atoms with Crippen LogP contribution >= 0.6 is 0 Å². The van der Waals surface area contributed by atoms with Gasteiger partial charge in [0.15, 0.2) is 0 Å². The number of carbonyl (C=O) groups excluding carboxylic acids is 2. The van der Waals surface area contributed by atoms with E-state index < -0.39 is 5.54 Å². The van der Waals surface area contributed by atoms with Gasteiger partial charge in [-0.1, -0.05) is 13.0 Å². The normalized spacial score (nSPS) is 17.1. The van der Waals surface area contributed by atoms with Crippen molar-refractivity contribution in [2.45, 2.75) is 38.6 Å². The molecule has 2 rings (SSSR count). The van der Waals surface area contributed by atoms with Crippen molar-refractivity contribution >= 4 is 23.2 Å². The van der Waals surface area contributed by atoms with Gasteiger partial charge < -0.3 is 16.4 Å². The molecule has 0 saturated heterocycles. The summed E-state index contributed by atoms with van der Waals surface area (Å²) in [6, 6.07) is 7.11. The summed E-state index contributed by atoms with van der Waals surface area (Å²) in [7, 11) is 0. The van der Waals surface area contributed by atoms with Gasteiger partial charge in [0.2, 0.25) is 11.8 Å². The van der Waals surface area contributed by atoms with Crippen molar-refractivity contribution in [3.05, 3.63) is 24.3 Å². The maximum absolute atomic E-state index is 12.0. The zero-order chi connectivity index (χ0) is 14.8. The van der Waals surface area contributed by atoms with Gasteiger partial charge in [-0.25, -0.2) is 0 Å². The number of rotatable bonds is 5. The Morgan fingerprint density at radius 2 is 1.90 bits per heavy atom. The van der Waals surface area contributed by atoms with Gasteiger partial charge in [-0.3, -0.25) is 9.59 Å². The summed E-state index contributed by atoms with van der Waals surface area (Å²) >= 11 is 0. The van der Waals surface area contributed by atoms with Gasteiger partial charge >= 0.3 is 0 Å². The molecule has 108 valence electrons. The lowest BCUT2D eigenvalue weighted by Crippen LogP contribution is -2.47. The molecule has 0 spiro atoms. The van der Waals surface area contributed by atoms with Gasteiger partial charge in [0.25, 0.3) is 0 Å². The molecule has 1 aromatic rings. The number of amides is 2. The maximum atomic E-state index is 12.0. The Morgan fingerprint density at radius 3 is 2.45 bits per heavy atom. The van der Waals surface area contributed by atoms with E-state index in [2.05, 4.69) is 10.6 Å². The van der Waals surface area contributed by atoms with Crippen LogP contribution in [0.15, 0.2) is 24.3 Å². The molecule has 1 unspecified atom stereocenters. The first-order valence-corrected chi connectivity index (χ1v) is 6.93. The SMILES string of the molecule is CCC(C)(N)C(=O)Nc1cccc(NC(=O)C2CC2)c1. The monoisotopic (exact) mass is 275 g/mol. The highest BCUT2D eigenvalue weighted by molar-refractivity contribution is 5.99. The molecule has 0 bridgehead atoms. The topological polar surface area (TPSA) is 84.2 Å². The summed E-state index contributed by atoms with van der Waals surface area (Å²) in [5, 5.41) is 5.63. The predicted molar refractivity (Wildman–Crippen MR) is 79.3 cm³/mol. The zero-order valence-corrected chi connectivity index (χ0v) is 11.9. The third kappa shape index (κ3) is 3.57. The minimum atomic E-state index is -0.896. The lowest BCUT2D eigenvalue weighted by Gasteiger charge is -2.21. The fraction of sp³-hybridized carbons (Fsp3) is 0.467. The van der Waals surface area contributed by atoms with Crippen LogP contribution in [0.1, 0.15) is 33.1 Å². The van der Waals surface area contributed by atoms with Crippen molar-refractivity contribution in [3.63, 3.8) is 0 Å².